The van der Waals surface area contributed by atoms with E-state index in [1.54, 1.807) is 12.1 Å². The molecule has 2 heterocycles. The quantitative estimate of drug-likeness (QED) is 0.691. The number of nitro benzene ring substituents is 1. The topological polar surface area (TPSA) is 81.0 Å². The van der Waals surface area contributed by atoms with Crippen LogP contribution in [0.4, 0.5) is 5.69 Å². The second kappa shape index (κ2) is 4.60. The Morgan fingerprint density at radius 3 is 2.57 bits per heavy atom. The van der Waals surface area contributed by atoms with Gasteiger partial charge in [0.25, 0.3) is 5.69 Å². The smallest absolute Gasteiger partial charge is 0.269 e. The molecule has 2 aliphatic rings. The Morgan fingerprint density at radius 2 is 1.90 bits per heavy atom. The fourth-order valence-corrected chi connectivity index (χ4v) is 2.75. The summed E-state index contributed by atoms with van der Waals surface area (Å²) in [5.74, 6) is 1.24. The largest absolute Gasteiger partial charge is 0.307 e. The number of benzene rings is 1. The predicted molar refractivity (Wildman–Crippen MR) is 76.6 cm³/mol. The van der Waals surface area contributed by atoms with Crippen LogP contribution in [0.1, 0.15) is 35.7 Å². The summed E-state index contributed by atoms with van der Waals surface area (Å²) >= 11 is 0. The first-order valence-corrected chi connectivity index (χ1v) is 7.07. The van der Waals surface area contributed by atoms with Crippen molar-refractivity contribution in [1.82, 2.24) is 15.3 Å². The number of nitrogens with zero attached hydrogens (tertiary/aromatic N) is 3. The second-order valence-electron chi connectivity index (χ2n) is 5.54. The monoisotopic (exact) mass is 282 g/mol. The zero-order valence-electron chi connectivity index (χ0n) is 11.4. The molecule has 0 spiro atoms. The van der Waals surface area contributed by atoms with Crippen molar-refractivity contribution in [3.8, 4) is 11.4 Å². The maximum absolute atomic E-state index is 10.7. The third kappa shape index (κ3) is 2.17. The van der Waals surface area contributed by atoms with Crippen molar-refractivity contribution < 1.29 is 4.92 Å². The molecular formula is C15H14N4O2. The van der Waals surface area contributed by atoms with Gasteiger partial charge in [-0.25, -0.2) is 9.97 Å². The average Bonchev–Trinajstić information content (AvgIpc) is 3.23. The van der Waals surface area contributed by atoms with Crippen LogP contribution in [0, 0.1) is 10.1 Å². The van der Waals surface area contributed by atoms with E-state index < -0.39 is 4.92 Å². The van der Waals surface area contributed by atoms with Gasteiger partial charge in [0.2, 0.25) is 0 Å². The number of nitro groups is 1. The first-order chi connectivity index (χ1) is 10.2. The summed E-state index contributed by atoms with van der Waals surface area (Å²) in [6.45, 7) is 1.62. The number of non-ortho nitro benzene ring substituents is 1. The van der Waals surface area contributed by atoms with Crippen molar-refractivity contribution in [1.29, 1.82) is 0 Å². The molecule has 106 valence electrons. The van der Waals surface area contributed by atoms with Crippen molar-refractivity contribution in [2.45, 2.75) is 31.8 Å². The van der Waals surface area contributed by atoms with Crippen LogP contribution in [0.3, 0.4) is 0 Å². The molecule has 0 atom stereocenters. The SMILES string of the molecule is O=[N+]([O-])c1ccc(-c2nc3c(c(C4CC4)n2)CNC3)cc1. The summed E-state index contributed by atoms with van der Waals surface area (Å²) in [6.07, 6.45) is 2.40. The van der Waals surface area contributed by atoms with E-state index >= 15 is 0 Å². The Morgan fingerprint density at radius 1 is 1.14 bits per heavy atom. The highest BCUT2D eigenvalue weighted by Crippen LogP contribution is 2.42. The lowest BCUT2D eigenvalue weighted by Gasteiger charge is -2.08. The summed E-state index contributed by atoms with van der Waals surface area (Å²) in [5, 5.41) is 14.0. The van der Waals surface area contributed by atoms with E-state index in [-0.39, 0.29) is 5.69 Å². The molecule has 0 unspecified atom stereocenters. The van der Waals surface area contributed by atoms with Crippen LogP contribution in [0.25, 0.3) is 11.4 Å². The maximum Gasteiger partial charge on any atom is 0.269 e. The van der Waals surface area contributed by atoms with Crippen molar-refractivity contribution in [3.05, 3.63) is 51.3 Å². The van der Waals surface area contributed by atoms with E-state index in [0.717, 1.165) is 24.3 Å². The van der Waals surface area contributed by atoms with Gasteiger partial charge in [-0.1, -0.05) is 0 Å². The minimum Gasteiger partial charge on any atom is -0.307 e. The van der Waals surface area contributed by atoms with Crippen LogP contribution in [-0.2, 0) is 13.1 Å². The fourth-order valence-electron chi connectivity index (χ4n) is 2.75. The summed E-state index contributed by atoms with van der Waals surface area (Å²) < 4.78 is 0. The molecule has 0 saturated heterocycles. The maximum atomic E-state index is 10.7. The van der Waals surface area contributed by atoms with Gasteiger partial charge in [0.05, 0.1) is 16.3 Å². The van der Waals surface area contributed by atoms with Gasteiger partial charge < -0.3 is 5.32 Å². The van der Waals surface area contributed by atoms with E-state index in [9.17, 15) is 10.1 Å². The van der Waals surface area contributed by atoms with Gasteiger partial charge in [0.15, 0.2) is 5.82 Å². The van der Waals surface area contributed by atoms with Crippen molar-refractivity contribution in [3.63, 3.8) is 0 Å². The molecule has 0 amide bonds. The molecule has 4 rings (SSSR count). The normalized spacial score (nSPS) is 16.8. The summed E-state index contributed by atoms with van der Waals surface area (Å²) in [6, 6.07) is 6.44. The molecule has 0 radical (unpaired) electrons. The highest BCUT2D eigenvalue weighted by atomic mass is 16.6. The van der Waals surface area contributed by atoms with Gasteiger partial charge >= 0.3 is 0 Å². The zero-order chi connectivity index (χ0) is 14.4. The van der Waals surface area contributed by atoms with Gasteiger partial charge in [-0.15, -0.1) is 0 Å². The van der Waals surface area contributed by atoms with Gasteiger partial charge in [0.1, 0.15) is 0 Å². The van der Waals surface area contributed by atoms with Crippen LogP contribution in [0.2, 0.25) is 0 Å². The molecule has 6 nitrogen and oxygen atoms in total. The Hall–Kier alpha value is -2.34. The summed E-state index contributed by atoms with van der Waals surface area (Å²) in [7, 11) is 0. The number of nitrogens with one attached hydrogen (secondary N) is 1. The van der Waals surface area contributed by atoms with Crippen molar-refractivity contribution in [2.24, 2.45) is 0 Å². The predicted octanol–water partition coefficient (Wildman–Crippen LogP) is 2.53. The van der Waals surface area contributed by atoms with Gasteiger partial charge in [-0.05, 0) is 25.0 Å². The van der Waals surface area contributed by atoms with Crippen LogP contribution in [-0.4, -0.2) is 14.9 Å². The van der Waals surface area contributed by atoms with E-state index in [0.29, 0.717) is 11.7 Å². The minimum absolute atomic E-state index is 0.0870. The highest BCUT2D eigenvalue weighted by Gasteiger charge is 2.31. The van der Waals surface area contributed by atoms with Crippen LogP contribution >= 0.6 is 0 Å². The lowest BCUT2D eigenvalue weighted by atomic mass is 10.1. The lowest BCUT2D eigenvalue weighted by Crippen LogP contribution is -2.02. The molecule has 1 fully saturated rings. The summed E-state index contributed by atoms with van der Waals surface area (Å²) in [4.78, 5) is 19.7. The molecule has 1 saturated carbocycles. The minimum atomic E-state index is -0.396. The third-order valence-corrected chi connectivity index (χ3v) is 4.02. The molecular weight excluding hydrogens is 268 g/mol. The molecule has 21 heavy (non-hydrogen) atoms. The first-order valence-electron chi connectivity index (χ1n) is 7.07. The fraction of sp³-hybridized carbons (Fsp3) is 0.333. The average molecular weight is 282 g/mol. The Labute approximate surface area is 121 Å². The standard InChI is InChI=1S/C15H14N4O2/c20-19(21)11-5-3-10(4-6-11)15-17-13-8-16-7-12(13)14(18-15)9-1-2-9/h3-6,9,16H,1-2,7-8H2. The Bertz CT molecular complexity index is 723. The summed E-state index contributed by atoms with van der Waals surface area (Å²) in [5.41, 5.74) is 4.41. The Kier molecular flexibility index (Phi) is 2.71. The van der Waals surface area contributed by atoms with Crippen molar-refractivity contribution >= 4 is 5.69 Å². The molecule has 1 N–H and O–H groups in total. The van der Waals surface area contributed by atoms with E-state index in [1.807, 2.05) is 0 Å². The number of rotatable bonds is 3. The Balaban J connectivity index is 1.78. The van der Waals surface area contributed by atoms with Crippen LogP contribution in [0.5, 0.6) is 0 Å². The zero-order valence-corrected chi connectivity index (χ0v) is 11.4. The molecule has 1 aromatic heterocycles. The number of fused-ring (bicyclic) bond motifs is 1. The van der Waals surface area contributed by atoms with E-state index in [4.69, 9.17) is 4.98 Å². The molecule has 2 aromatic rings. The molecule has 0 bridgehead atoms. The number of hydrogen-bond donors (Lipinski definition) is 1. The second-order valence-corrected chi connectivity index (χ2v) is 5.54. The van der Waals surface area contributed by atoms with E-state index in [2.05, 4.69) is 10.3 Å². The van der Waals surface area contributed by atoms with Gasteiger partial charge in [-0.3, -0.25) is 10.1 Å². The number of hydrogen-bond acceptors (Lipinski definition) is 5. The van der Waals surface area contributed by atoms with E-state index in [1.165, 1.54) is 36.2 Å². The molecule has 1 aromatic carbocycles. The van der Waals surface area contributed by atoms with Gasteiger partial charge in [-0.2, -0.15) is 0 Å². The van der Waals surface area contributed by atoms with Crippen LogP contribution < -0.4 is 5.32 Å². The molecule has 1 aliphatic heterocycles. The third-order valence-electron chi connectivity index (χ3n) is 4.02. The first kappa shape index (κ1) is 12.4. The van der Waals surface area contributed by atoms with Crippen molar-refractivity contribution in [2.75, 3.05) is 0 Å². The van der Waals surface area contributed by atoms with Crippen LogP contribution in [0.15, 0.2) is 24.3 Å². The molecule has 1 aliphatic carbocycles. The lowest BCUT2D eigenvalue weighted by molar-refractivity contribution is -0.384. The molecule has 6 heteroatoms. The highest BCUT2D eigenvalue weighted by molar-refractivity contribution is 5.58. The number of aromatic nitrogens is 2. The van der Waals surface area contributed by atoms with Gasteiger partial charge in [0, 0.05) is 42.3 Å².